The SMILES string of the molecule is C=C(C)[C@@H]1CC[C@]2(NCCC3(O)CCN(C(C)=O)CC3)CC[C@]3(C)[C@H](CC[C@@H]4[C@@]5(C)CC=C(C6=CC[C@](CF)(C(=O)OCc7ccccc7)CC6)C(C)(C)[C@@H]5CC[C@]43C)[C@@H]12. The third-order valence-corrected chi connectivity index (χ3v) is 19.7. The lowest BCUT2D eigenvalue weighted by Crippen LogP contribution is -2.68. The summed E-state index contributed by atoms with van der Waals surface area (Å²) >= 11 is 0. The zero-order valence-electron chi connectivity index (χ0n) is 38.3. The predicted octanol–water partition coefficient (Wildman–Crippen LogP) is 11.1. The molecule has 1 amide bonds. The number of carbonyl (C=O) groups excluding carboxylic acids is 2. The van der Waals surface area contributed by atoms with Crippen LogP contribution in [-0.4, -0.2) is 59.3 Å². The highest BCUT2D eigenvalue weighted by atomic mass is 19.1. The molecule has 10 atom stereocenters. The van der Waals surface area contributed by atoms with Gasteiger partial charge in [0, 0.05) is 25.6 Å². The van der Waals surface area contributed by atoms with E-state index in [0.29, 0.717) is 74.8 Å². The average Bonchev–Trinajstić information content (AvgIpc) is 3.60. The minimum Gasteiger partial charge on any atom is -0.460 e. The molecular weight excluding hydrogens is 748 g/mol. The van der Waals surface area contributed by atoms with Crippen LogP contribution in [0, 0.1) is 56.7 Å². The Kier molecular flexibility index (Phi) is 11.5. The third-order valence-electron chi connectivity index (χ3n) is 19.7. The van der Waals surface area contributed by atoms with Gasteiger partial charge in [-0.3, -0.25) is 9.59 Å². The second kappa shape index (κ2) is 15.8. The Hall–Kier alpha value is -2.77. The number of amides is 1. The van der Waals surface area contributed by atoms with E-state index in [4.69, 9.17) is 4.74 Å². The molecule has 6 aliphatic carbocycles. The Bertz CT molecular complexity index is 1880. The quantitative estimate of drug-likeness (QED) is 0.181. The Morgan fingerprint density at radius 3 is 2.25 bits per heavy atom. The number of allylic oxidation sites excluding steroid dienone is 5. The van der Waals surface area contributed by atoms with Crippen LogP contribution < -0.4 is 5.32 Å². The van der Waals surface area contributed by atoms with Gasteiger partial charge in [0.1, 0.15) is 13.3 Å². The highest BCUT2D eigenvalue weighted by molar-refractivity contribution is 5.78. The molecule has 60 heavy (non-hydrogen) atoms. The molecule has 8 rings (SSSR count). The maximum atomic E-state index is 14.8. The summed E-state index contributed by atoms with van der Waals surface area (Å²) in [4.78, 5) is 27.2. The van der Waals surface area contributed by atoms with Crippen molar-refractivity contribution in [3.8, 4) is 0 Å². The number of aliphatic hydroxyl groups is 1. The highest BCUT2D eigenvalue weighted by Gasteiger charge is 2.70. The first-order valence-corrected chi connectivity index (χ1v) is 23.9. The van der Waals surface area contributed by atoms with Gasteiger partial charge in [-0.2, -0.15) is 0 Å². The molecule has 0 unspecified atom stereocenters. The lowest BCUT2D eigenvalue weighted by Gasteiger charge is -2.72. The number of hydrogen-bond acceptors (Lipinski definition) is 5. The first-order chi connectivity index (χ1) is 28.4. The Labute approximate surface area is 361 Å². The normalized spacial score (nSPS) is 40.5. The van der Waals surface area contributed by atoms with Crippen molar-refractivity contribution in [2.45, 2.75) is 163 Å². The van der Waals surface area contributed by atoms with E-state index in [1.165, 1.54) is 68.1 Å². The fraction of sp³-hybridized carbons (Fsp3) is 0.736. The first kappa shape index (κ1) is 43.9. The van der Waals surface area contributed by atoms with Crippen molar-refractivity contribution < 1.29 is 23.8 Å². The molecule has 2 N–H and O–H groups in total. The molecule has 7 aliphatic rings. The number of esters is 1. The first-order valence-electron chi connectivity index (χ1n) is 23.9. The van der Waals surface area contributed by atoms with Crippen LogP contribution >= 0.6 is 0 Å². The standard InChI is InChI=1S/C53H77FN2O4/c1-36(2)40-18-25-53(55-31-28-52(59)29-32-56(33-30-52)37(3)57)27-26-49(7)42(45(40)53)14-15-44-48(6)21-19-41(47(4,5)43(48)20-22-50(44,49)8)39-16-23-51(35-54,24-17-39)46(58)60-34-38-12-10-9-11-13-38/h9-13,16,19,40,42-45,55,59H,1,14-15,17-18,20-35H2,2-8H3/t40-,42+,43-,44+,45+,48-,49+,50+,51-,53-/m0/s1. The number of rotatable bonds is 10. The van der Waals surface area contributed by atoms with E-state index in [9.17, 15) is 19.1 Å². The topological polar surface area (TPSA) is 78.9 Å². The summed E-state index contributed by atoms with van der Waals surface area (Å²) in [5.74, 6) is 2.62. The molecule has 1 saturated heterocycles. The van der Waals surface area contributed by atoms with Crippen molar-refractivity contribution in [1.82, 2.24) is 10.2 Å². The van der Waals surface area contributed by atoms with Crippen LogP contribution in [0.15, 0.2) is 65.8 Å². The summed E-state index contributed by atoms with van der Waals surface area (Å²) in [6, 6.07) is 9.67. The number of ether oxygens (including phenoxy) is 1. The molecular formula is C53H77FN2O4. The largest absolute Gasteiger partial charge is 0.460 e. The number of hydrogen-bond donors (Lipinski definition) is 2. The van der Waals surface area contributed by atoms with Gasteiger partial charge in [-0.15, -0.1) is 0 Å². The van der Waals surface area contributed by atoms with Crippen LogP contribution in [0.3, 0.4) is 0 Å². The molecule has 1 aromatic rings. The lowest BCUT2D eigenvalue weighted by atomic mass is 9.33. The van der Waals surface area contributed by atoms with Crippen molar-refractivity contribution in [3.05, 3.63) is 71.3 Å². The van der Waals surface area contributed by atoms with E-state index in [2.05, 4.69) is 65.6 Å². The molecule has 7 heteroatoms. The second-order valence-corrected chi connectivity index (χ2v) is 22.7. The van der Waals surface area contributed by atoms with Crippen LogP contribution in [0.25, 0.3) is 0 Å². The molecule has 0 spiro atoms. The molecule has 6 nitrogen and oxygen atoms in total. The average molecular weight is 825 g/mol. The van der Waals surface area contributed by atoms with E-state index >= 15 is 0 Å². The molecule has 1 aliphatic heterocycles. The molecule has 1 aromatic carbocycles. The van der Waals surface area contributed by atoms with E-state index in [1.807, 2.05) is 35.2 Å². The van der Waals surface area contributed by atoms with Gasteiger partial charge in [-0.25, -0.2) is 4.39 Å². The molecule has 0 aromatic heterocycles. The van der Waals surface area contributed by atoms with Gasteiger partial charge in [0.05, 0.1) is 11.0 Å². The van der Waals surface area contributed by atoms with Gasteiger partial charge >= 0.3 is 5.97 Å². The minimum atomic E-state index is -1.10. The number of benzene rings is 1. The number of piperidine rings is 1. The maximum absolute atomic E-state index is 14.8. The Morgan fingerprint density at radius 2 is 1.60 bits per heavy atom. The molecule has 4 saturated carbocycles. The van der Waals surface area contributed by atoms with Gasteiger partial charge in [0.15, 0.2) is 0 Å². The van der Waals surface area contributed by atoms with Crippen molar-refractivity contribution in [3.63, 3.8) is 0 Å². The summed E-state index contributed by atoms with van der Waals surface area (Å²) in [5, 5.41) is 15.8. The van der Waals surface area contributed by atoms with Gasteiger partial charge < -0.3 is 20.1 Å². The second-order valence-electron chi connectivity index (χ2n) is 22.7. The zero-order chi connectivity index (χ0) is 42.9. The third kappa shape index (κ3) is 7.01. The number of fused-ring (bicyclic) bond motifs is 7. The number of nitrogens with zero attached hydrogens (tertiary/aromatic N) is 1. The van der Waals surface area contributed by atoms with Crippen LogP contribution in [0.1, 0.15) is 150 Å². The number of alkyl halides is 1. The smallest absolute Gasteiger partial charge is 0.315 e. The molecule has 5 fully saturated rings. The maximum Gasteiger partial charge on any atom is 0.315 e. The van der Waals surface area contributed by atoms with Gasteiger partial charge in [0.25, 0.3) is 0 Å². The summed E-state index contributed by atoms with van der Waals surface area (Å²) in [7, 11) is 0. The van der Waals surface area contributed by atoms with Crippen LogP contribution in [0.5, 0.6) is 0 Å². The molecule has 1 heterocycles. The van der Waals surface area contributed by atoms with Gasteiger partial charge in [-0.05, 0) is 178 Å². The van der Waals surface area contributed by atoms with Crippen molar-refractivity contribution in [1.29, 1.82) is 0 Å². The number of carbonyl (C=O) groups is 2. The summed E-state index contributed by atoms with van der Waals surface area (Å²) in [5.41, 5.74) is 3.97. The summed E-state index contributed by atoms with van der Waals surface area (Å²) in [6.45, 7) is 23.2. The fourth-order valence-electron chi connectivity index (χ4n) is 16.0. The molecule has 0 bridgehead atoms. The van der Waals surface area contributed by atoms with Crippen LogP contribution in [0.2, 0.25) is 0 Å². The fourth-order valence-corrected chi connectivity index (χ4v) is 16.0. The number of nitrogens with one attached hydrogen (secondary N) is 1. The Balaban J connectivity index is 0.990. The molecule has 0 radical (unpaired) electrons. The number of likely N-dealkylation sites (tertiary alicyclic amines) is 1. The molecule has 330 valence electrons. The summed E-state index contributed by atoms with van der Waals surface area (Å²) in [6.07, 6.45) is 19.4. The predicted molar refractivity (Wildman–Crippen MR) is 238 cm³/mol. The highest BCUT2D eigenvalue weighted by Crippen LogP contribution is 2.76. The Morgan fingerprint density at radius 1 is 0.867 bits per heavy atom. The lowest BCUT2D eigenvalue weighted by molar-refractivity contribution is -0.221. The number of halogens is 1. The van der Waals surface area contributed by atoms with Crippen LogP contribution in [-0.2, 0) is 20.9 Å². The monoisotopic (exact) mass is 825 g/mol. The zero-order valence-corrected chi connectivity index (χ0v) is 38.3. The van der Waals surface area contributed by atoms with Crippen LogP contribution in [0.4, 0.5) is 4.39 Å². The summed E-state index contributed by atoms with van der Waals surface area (Å²) < 4.78 is 20.5. The van der Waals surface area contributed by atoms with Crippen molar-refractivity contribution >= 4 is 11.9 Å². The minimum absolute atomic E-state index is 0.0175. The van der Waals surface area contributed by atoms with E-state index < -0.39 is 23.7 Å². The van der Waals surface area contributed by atoms with Gasteiger partial charge in [0.2, 0.25) is 5.91 Å². The van der Waals surface area contributed by atoms with Gasteiger partial charge in [-0.1, -0.05) is 89.3 Å². The van der Waals surface area contributed by atoms with E-state index in [-0.39, 0.29) is 39.7 Å². The van der Waals surface area contributed by atoms with Crippen molar-refractivity contribution in [2.24, 2.45) is 56.7 Å². The van der Waals surface area contributed by atoms with E-state index in [0.717, 1.165) is 24.9 Å². The van der Waals surface area contributed by atoms with Crippen molar-refractivity contribution in [2.75, 3.05) is 26.3 Å². The van der Waals surface area contributed by atoms with E-state index in [1.54, 1.807) is 6.92 Å².